The molecule has 0 saturated heterocycles. The summed E-state index contributed by atoms with van der Waals surface area (Å²) in [6.07, 6.45) is 1.94. The lowest BCUT2D eigenvalue weighted by atomic mass is 9.98. The number of aromatic nitrogens is 3. The van der Waals surface area contributed by atoms with Crippen molar-refractivity contribution in [1.82, 2.24) is 20.1 Å². The van der Waals surface area contributed by atoms with Gasteiger partial charge in [0.25, 0.3) is 0 Å². The van der Waals surface area contributed by atoms with Crippen molar-refractivity contribution >= 4 is 10.9 Å². The van der Waals surface area contributed by atoms with Crippen LogP contribution in [0.4, 0.5) is 0 Å². The van der Waals surface area contributed by atoms with Crippen molar-refractivity contribution in [1.29, 1.82) is 0 Å². The van der Waals surface area contributed by atoms with E-state index in [0.717, 1.165) is 11.2 Å². The van der Waals surface area contributed by atoms with Crippen LogP contribution in [0.2, 0.25) is 0 Å². The predicted octanol–water partition coefficient (Wildman–Crippen LogP) is 2.89. The highest BCUT2D eigenvalue weighted by molar-refractivity contribution is 5.79. The molecule has 4 heteroatoms. The lowest BCUT2D eigenvalue weighted by Crippen LogP contribution is -2.18. The van der Waals surface area contributed by atoms with Crippen LogP contribution >= 0.6 is 0 Å². The second-order valence-electron chi connectivity index (χ2n) is 5.44. The summed E-state index contributed by atoms with van der Waals surface area (Å²) in [4.78, 5) is 4.56. The van der Waals surface area contributed by atoms with Crippen molar-refractivity contribution in [3.8, 4) is 0 Å². The summed E-state index contributed by atoms with van der Waals surface area (Å²) in [5.74, 6) is 0. The summed E-state index contributed by atoms with van der Waals surface area (Å²) in [5.41, 5.74) is 5.70. The third-order valence-corrected chi connectivity index (χ3v) is 4.06. The van der Waals surface area contributed by atoms with E-state index in [2.05, 4.69) is 52.7 Å². The van der Waals surface area contributed by atoms with Gasteiger partial charge in [-0.2, -0.15) is 5.10 Å². The molecule has 0 aliphatic carbocycles. The molecule has 1 N–H and O–H groups in total. The molecule has 0 saturated carbocycles. The second kappa shape index (κ2) is 5.30. The van der Waals surface area contributed by atoms with Crippen LogP contribution in [-0.4, -0.2) is 21.8 Å². The molecule has 3 rings (SSSR count). The molecule has 0 radical (unpaired) electrons. The van der Waals surface area contributed by atoms with Crippen LogP contribution in [0.1, 0.15) is 28.6 Å². The third-order valence-electron chi connectivity index (χ3n) is 4.06. The number of nitrogens with zero attached hydrogens (tertiary/aromatic N) is 3. The van der Waals surface area contributed by atoms with Crippen molar-refractivity contribution in [2.75, 3.05) is 7.05 Å². The van der Waals surface area contributed by atoms with Crippen molar-refractivity contribution < 1.29 is 0 Å². The number of aryl methyl sites for hydroxylation is 2. The molecule has 1 aromatic carbocycles. The topological polar surface area (TPSA) is 42.7 Å². The highest BCUT2D eigenvalue weighted by atomic mass is 15.3. The maximum Gasteiger partial charge on any atom is 0.0705 e. The molecule has 108 valence electrons. The normalized spacial score (nSPS) is 12.8. The highest BCUT2D eigenvalue weighted by Gasteiger charge is 2.17. The molecule has 0 fully saturated rings. The molecule has 21 heavy (non-hydrogen) atoms. The van der Waals surface area contributed by atoms with E-state index in [1.807, 2.05) is 31.9 Å². The predicted molar refractivity (Wildman–Crippen MR) is 85.3 cm³/mol. The number of pyridine rings is 1. The van der Waals surface area contributed by atoms with Gasteiger partial charge in [0.15, 0.2) is 0 Å². The van der Waals surface area contributed by atoms with Gasteiger partial charge in [-0.3, -0.25) is 9.67 Å². The van der Waals surface area contributed by atoms with Gasteiger partial charge in [-0.25, -0.2) is 0 Å². The number of nitrogens with one attached hydrogen (secondary N) is 1. The Morgan fingerprint density at radius 1 is 1.14 bits per heavy atom. The first-order valence-corrected chi connectivity index (χ1v) is 7.13. The van der Waals surface area contributed by atoms with Crippen LogP contribution in [-0.2, 0) is 7.05 Å². The fourth-order valence-corrected chi connectivity index (χ4v) is 2.73. The molecule has 2 heterocycles. The quantitative estimate of drug-likeness (QED) is 0.802. The zero-order valence-corrected chi connectivity index (χ0v) is 12.9. The smallest absolute Gasteiger partial charge is 0.0705 e. The largest absolute Gasteiger partial charge is 0.309 e. The van der Waals surface area contributed by atoms with Crippen molar-refractivity contribution in [2.24, 2.45) is 7.05 Å². The maximum absolute atomic E-state index is 4.56. The van der Waals surface area contributed by atoms with Gasteiger partial charge in [-0.15, -0.1) is 0 Å². The van der Waals surface area contributed by atoms with Crippen LogP contribution in [0.3, 0.4) is 0 Å². The molecule has 0 spiro atoms. The second-order valence-corrected chi connectivity index (χ2v) is 5.44. The molecular weight excluding hydrogens is 260 g/mol. The van der Waals surface area contributed by atoms with Gasteiger partial charge >= 0.3 is 0 Å². The minimum absolute atomic E-state index is 0.143. The monoisotopic (exact) mass is 280 g/mol. The summed E-state index contributed by atoms with van der Waals surface area (Å²) in [6.45, 7) is 4.11. The van der Waals surface area contributed by atoms with Gasteiger partial charge in [-0.05, 0) is 44.7 Å². The zero-order valence-electron chi connectivity index (χ0n) is 12.9. The fourth-order valence-electron chi connectivity index (χ4n) is 2.73. The van der Waals surface area contributed by atoms with E-state index in [0.29, 0.717) is 0 Å². The Kier molecular flexibility index (Phi) is 3.47. The number of rotatable bonds is 3. The molecular formula is C17H20N4. The number of hydrogen-bond donors (Lipinski definition) is 1. The van der Waals surface area contributed by atoms with Crippen molar-refractivity contribution in [2.45, 2.75) is 19.9 Å². The summed E-state index contributed by atoms with van der Waals surface area (Å²) < 4.78 is 1.91. The van der Waals surface area contributed by atoms with Gasteiger partial charge in [0.1, 0.15) is 0 Å². The summed E-state index contributed by atoms with van der Waals surface area (Å²) >= 11 is 0. The molecule has 0 bridgehead atoms. The standard InChI is InChI=1S/C17H20N4/c1-11-5-6-13-9-14(7-8-16(13)20-11)17(18-3)15-10-19-21(4)12(15)2/h5-10,17-18H,1-4H3. The average Bonchev–Trinajstić information content (AvgIpc) is 2.81. The van der Waals surface area contributed by atoms with Gasteiger partial charge in [0.05, 0.1) is 17.8 Å². The van der Waals surface area contributed by atoms with E-state index in [1.54, 1.807) is 0 Å². The summed E-state index contributed by atoms with van der Waals surface area (Å²) in [6, 6.07) is 10.8. The van der Waals surface area contributed by atoms with E-state index in [4.69, 9.17) is 0 Å². The number of fused-ring (bicyclic) bond motifs is 1. The molecule has 1 unspecified atom stereocenters. The summed E-state index contributed by atoms with van der Waals surface area (Å²) in [5, 5.41) is 8.91. The van der Waals surface area contributed by atoms with Gasteiger partial charge in [0.2, 0.25) is 0 Å². The van der Waals surface area contributed by atoms with Gasteiger partial charge < -0.3 is 5.32 Å². The highest BCUT2D eigenvalue weighted by Crippen LogP contribution is 2.26. The number of hydrogen-bond acceptors (Lipinski definition) is 3. The minimum atomic E-state index is 0.143. The maximum atomic E-state index is 4.56. The minimum Gasteiger partial charge on any atom is -0.309 e. The summed E-state index contributed by atoms with van der Waals surface area (Å²) in [7, 11) is 3.95. The molecule has 1 atom stereocenters. The molecule has 3 aromatic rings. The molecule has 4 nitrogen and oxygen atoms in total. The van der Waals surface area contributed by atoms with Crippen molar-refractivity contribution in [3.63, 3.8) is 0 Å². The molecule has 0 amide bonds. The first-order chi connectivity index (χ1) is 10.1. The first-order valence-electron chi connectivity index (χ1n) is 7.13. The lowest BCUT2D eigenvalue weighted by molar-refractivity contribution is 0.680. The van der Waals surface area contributed by atoms with E-state index < -0.39 is 0 Å². The van der Waals surface area contributed by atoms with Gasteiger partial charge in [0, 0.05) is 29.4 Å². The Morgan fingerprint density at radius 3 is 2.62 bits per heavy atom. The SMILES string of the molecule is CNC(c1ccc2nc(C)ccc2c1)c1cnn(C)c1C. The van der Waals surface area contributed by atoms with E-state index >= 15 is 0 Å². The Morgan fingerprint density at radius 2 is 1.95 bits per heavy atom. The van der Waals surface area contributed by atoms with Crippen molar-refractivity contribution in [3.05, 3.63) is 59.0 Å². The molecule has 0 aliphatic rings. The Hall–Kier alpha value is -2.20. The van der Waals surface area contributed by atoms with Crippen LogP contribution < -0.4 is 5.32 Å². The number of benzene rings is 1. The van der Waals surface area contributed by atoms with Crippen LogP contribution in [0, 0.1) is 13.8 Å². The van der Waals surface area contributed by atoms with Crippen LogP contribution in [0.25, 0.3) is 10.9 Å². The van der Waals surface area contributed by atoms with Crippen LogP contribution in [0.5, 0.6) is 0 Å². The zero-order chi connectivity index (χ0) is 15.0. The average molecular weight is 280 g/mol. The van der Waals surface area contributed by atoms with E-state index in [-0.39, 0.29) is 6.04 Å². The van der Waals surface area contributed by atoms with Gasteiger partial charge in [-0.1, -0.05) is 12.1 Å². The first kappa shape index (κ1) is 13.8. The molecule has 0 aliphatic heterocycles. The van der Waals surface area contributed by atoms with Crippen LogP contribution in [0.15, 0.2) is 36.5 Å². The third kappa shape index (κ3) is 2.43. The lowest BCUT2D eigenvalue weighted by Gasteiger charge is -2.17. The Labute approximate surface area is 124 Å². The fraction of sp³-hybridized carbons (Fsp3) is 0.294. The van der Waals surface area contributed by atoms with E-state index in [1.165, 1.54) is 22.2 Å². The van der Waals surface area contributed by atoms with E-state index in [9.17, 15) is 0 Å². The molecule has 2 aromatic heterocycles. The Bertz CT molecular complexity index is 789. The Balaban J connectivity index is 2.09.